The highest BCUT2D eigenvalue weighted by Gasteiger charge is 2.39. The number of rotatable bonds is 4. The van der Waals surface area contributed by atoms with Gasteiger partial charge in [0, 0.05) is 65.5 Å². The summed E-state index contributed by atoms with van der Waals surface area (Å²) in [5.41, 5.74) is 4.82. The summed E-state index contributed by atoms with van der Waals surface area (Å²) in [6, 6.07) is 5.36. The zero-order chi connectivity index (χ0) is 23.3. The van der Waals surface area contributed by atoms with Crippen molar-refractivity contribution >= 4 is 17.5 Å². The van der Waals surface area contributed by atoms with Crippen LogP contribution in [0.1, 0.15) is 57.2 Å². The molecule has 0 saturated carbocycles. The van der Waals surface area contributed by atoms with E-state index in [1.54, 1.807) is 31.5 Å². The van der Waals surface area contributed by atoms with Crippen molar-refractivity contribution in [3.63, 3.8) is 0 Å². The van der Waals surface area contributed by atoms with Crippen LogP contribution in [-0.2, 0) is 16.1 Å². The Hall–Kier alpha value is -3.26. The van der Waals surface area contributed by atoms with Gasteiger partial charge in [0.15, 0.2) is 5.78 Å². The van der Waals surface area contributed by atoms with Gasteiger partial charge in [-0.1, -0.05) is 6.07 Å². The molecule has 2 aliphatic rings. The van der Waals surface area contributed by atoms with Crippen LogP contribution < -0.4 is 10.6 Å². The number of carbonyl (C=O) groups is 2. The summed E-state index contributed by atoms with van der Waals surface area (Å²) in [5.74, 6) is -0.106. The Morgan fingerprint density at radius 3 is 2.66 bits per heavy atom. The normalized spacial score (nSPS) is 17.9. The van der Waals surface area contributed by atoms with Crippen LogP contribution >= 0.6 is 0 Å². The maximum atomic E-state index is 13.3. The van der Waals surface area contributed by atoms with E-state index in [4.69, 9.17) is 5.11 Å². The van der Waals surface area contributed by atoms with Gasteiger partial charge < -0.3 is 15.7 Å². The second kappa shape index (κ2) is 10.4. The number of anilines is 1. The van der Waals surface area contributed by atoms with Crippen LogP contribution in [0.5, 0.6) is 0 Å². The van der Waals surface area contributed by atoms with E-state index in [9.17, 15) is 9.59 Å². The largest absolute Gasteiger partial charge is 0.397 e. The molecule has 0 aromatic carbocycles. The molecule has 3 N–H and O–H groups in total. The number of aryl methyl sites for hydroxylation is 1. The van der Waals surface area contributed by atoms with Crippen molar-refractivity contribution in [2.45, 2.75) is 59.4 Å². The molecular weight excluding hydrogens is 406 g/mol. The lowest BCUT2D eigenvalue weighted by Gasteiger charge is -2.34. The molecule has 1 atom stereocenters. The third-order valence-electron chi connectivity index (χ3n) is 5.68. The lowest BCUT2D eigenvalue weighted by atomic mass is 9.75. The van der Waals surface area contributed by atoms with Gasteiger partial charge in [-0.25, -0.2) is 4.98 Å². The quantitative estimate of drug-likeness (QED) is 0.678. The molecule has 0 spiro atoms. The van der Waals surface area contributed by atoms with Gasteiger partial charge in [0.2, 0.25) is 0 Å². The lowest BCUT2D eigenvalue weighted by molar-refractivity contribution is -0.116. The first-order valence-electron chi connectivity index (χ1n) is 11.0. The Morgan fingerprint density at radius 1 is 1.28 bits per heavy atom. The molecule has 170 valence electrons. The van der Waals surface area contributed by atoms with Crippen LogP contribution in [0, 0.1) is 6.92 Å². The van der Waals surface area contributed by atoms with Gasteiger partial charge in [0.05, 0.1) is 6.20 Å². The predicted octanol–water partition coefficient (Wildman–Crippen LogP) is 3.21. The summed E-state index contributed by atoms with van der Waals surface area (Å²) < 4.78 is 1.90. The maximum absolute atomic E-state index is 13.3. The van der Waals surface area contributed by atoms with Crippen molar-refractivity contribution < 1.29 is 14.7 Å². The number of nitrogens with one attached hydrogen (secondary N) is 2. The van der Waals surface area contributed by atoms with E-state index in [1.165, 1.54) is 0 Å². The number of hydrogen-bond donors (Lipinski definition) is 3. The number of aliphatic hydroxyl groups excluding tert-OH is 1. The van der Waals surface area contributed by atoms with Crippen LogP contribution in [0.3, 0.4) is 0 Å². The molecule has 2 aromatic rings. The number of Topliss-reactive ketones (excluding diaryl/α,β-unsaturated/α-hetero) is 1. The minimum atomic E-state index is -0.428. The van der Waals surface area contributed by atoms with Crippen LogP contribution in [-0.4, -0.2) is 38.2 Å². The fourth-order valence-corrected chi connectivity index (χ4v) is 4.28. The Bertz CT molecular complexity index is 1050. The van der Waals surface area contributed by atoms with Gasteiger partial charge in [-0.05, 0) is 52.7 Å². The molecule has 0 bridgehead atoms. The lowest BCUT2D eigenvalue weighted by Crippen LogP contribution is -2.35. The first-order valence-corrected chi connectivity index (χ1v) is 11.0. The van der Waals surface area contributed by atoms with Crippen LogP contribution in [0.2, 0.25) is 0 Å². The Kier molecular flexibility index (Phi) is 7.58. The summed E-state index contributed by atoms with van der Waals surface area (Å²) in [5, 5.41) is 18.3. The van der Waals surface area contributed by atoms with Crippen molar-refractivity contribution in [3.05, 3.63) is 64.4 Å². The smallest absolute Gasteiger partial charge is 0.255 e. The monoisotopic (exact) mass is 437 g/mol. The minimum absolute atomic E-state index is 0.100. The summed E-state index contributed by atoms with van der Waals surface area (Å²) in [7, 11) is 0. The van der Waals surface area contributed by atoms with Crippen LogP contribution in [0.15, 0.2) is 53.1 Å². The molecule has 8 nitrogen and oxygen atoms in total. The molecule has 1 aliphatic heterocycles. The fraction of sp³-hybridized carbons (Fsp3) is 0.417. The zero-order valence-corrected chi connectivity index (χ0v) is 19.1. The number of ketones is 1. The van der Waals surface area contributed by atoms with E-state index in [0.717, 1.165) is 42.0 Å². The second-order valence-corrected chi connectivity index (χ2v) is 7.75. The summed E-state index contributed by atoms with van der Waals surface area (Å²) in [6.07, 6.45) is 5.57. The van der Waals surface area contributed by atoms with E-state index in [1.807, 2.05) is 31.5 Å². The number of amides is 1. The van der Waals surface area contributed by atoms with Crippen LogP contribution in [0.4, 0.5) is 5.82 Å². The van der Waals surface area contributed by atoms with Gasteiger partial charge in [-0.2, -0.15) is 5.10 Å². The first kappa shape index (κ1) is 23.4. The molecule has 1 aliphatic carbocycles. The van der Waals surface area contributed by atoms with Crippen molar-refractivity contribution in [1.82, 2.24) is 20.1 Å². The summed E-state index contributed by atoms with van der Waals surface area (Å²) in [6.45, 7) is 8.57. The van der Waals surface area contributed by atoms with Gasteiger partial charge in [-0.15, -0.1) is 0 Å². The van der Waals surface area contributed by atoms with Crippen molar-refractivity contribution in [3.8, 4) is 0 Å². The number of aromatic nitrogens is 3. The number of carbonyl (C=O) groups excluding carboxylic acids is 2. The van der Waals surface area contributed by atoms with E-state index in [-0.39, 0.29) is 18.3 Å². The SMILES string of the molecule is CCO.CCn1ncc(C2C(C(=O)Nc3ccccn3)=C(C)NC3=C2C(=O)CCC3)c1C. The first-order chi connectivity index (χ1) is 15.4. The average Bonchev–Trinajstić information content (AvgIpc) is 3.14. The predicted molar refractivity (Wildman–Crippen MR) is 123 cm³/mol. The van der Waals surface area contributed by atoms with E-state index < -0.39 is 5.92 Å². The molecule has 0 radical (unpaired) electrons. The molecule has 0 saturated heterocycles. The Balaban J connectivity index is 0.000000913. The summed E-state index contributed by atoms with van der Waals surface area (Å²) in [4.78, 5) is 30.5. The number of pyridine rings is 1. The van der Waals surface area contributed by atoms with Crippen molar-refractivity contribution in [2.75, 3.05) is 11.9 Å². The van der Waals surface area contributed by atoms with Gasteiger partial charge in [0.1, 0.15) is 5.82 Å². The second-order valence-electron chi connectivity index (χ2n) is 7.75. The van der Waals surface area contributed by atoms with Crippen molar-refractivity contribution in [2.24, 2.45) is 0 Å². The highest BCUT2D eigenvalue weighted by molar-refractivity contribution is 6.09. The molecular formula is C24H31N5O3. The molecule has 1 unspecified atom stereocenters. The third-order valence-corrected chi connectivity index (χ3v) is 5.68. The van der Waals surface area contributed by atoms with E-state index >= 15 is 0 Å². The Morgan fingerprint density at radius 2 is 2.03 bits per heavy atom. The average molecular weight is 438 g/mol. The molecule has 2 aromatic heterocycles. The molecule has 3 heterocycles. The van der Waals surface area contributed by atoms with Gasteiger partial charge in [-0.3, -0.25) is 14.3 Å². The molecule has 0 fully saturated rings. The number of aliphatic hydroxyl groups is 1. The fourth-order valence-electron chi connectivity index (χ4n) is 4.28. The molecule has 8 heteroatoms. The highest BCUT2D eigenvalue weighted by Crippen LogP contribution is 2.43. The van der Waals surface area contributed by atoms with E-state index in [0.29, 0.717) is 23.4 Å². The number of nitrogens with zero attached hydrogens (tertiary/aromatic N) is 3. The van der Waals surface area contributed by atoms with Crippen molar-refractivity contribution in [1.29, 1.82) is 0 Å². The molecule has 1 amide bonds. The molecule has 4 rings (SSSR count). The van der Waals surface area contributed by atoms with E-state index in [2.05, 4.69) is 20.7 Å². The minimum Gasteiger partial charge on any atom is -0.397 e. The highest BCUT2D eigenvalue weighted by atomic mass is 16.2. The number of dihydropyridines is 1. The Labute approximate surface area is 188 Å². The van der Waals surface area contributed by atoms with Gasteiger partial charge in [0.25, 0.3) is 5.91 Å². The molecule has 32 heavy (non-hydrogen) atoms. The zero-order valence-electron chi connectivity index (χ0n) is 19.1. The maximum Gasteiger partial charge on any atom is 0.255 e. The summed E-state index contributed by atoms with van der Waals surface area (Å²) >= 11 is 0. The topological polar surface area (TPSA) is 109 Å². The van der Waals surface area contributed by atoms with Crippen LogP contribution in [0.25, 0.3) is 0 Å². The standard InChI is InChI=1S/C22H25N5O2.C2H6O/c1-4-27-14(3)15(12-24-27)20-19(22(29)26-18-10-5-6-11-23-18)13(2)25-16-8-7-9-17(28)21(16)20;1-2-3/h5-6,10-12,20,25H,4,7-9H2,1-3H3,(H,23,26,29);3H,2H2,1H3. The number of allylic oxidation sites excluding steroid dienone is 3. The number of hydrogen-bond acceptors (Lipinski definition) is 6. The third kappa shape index (κ3) is 4.65. The van der Waals surface area contributed by atoms with Gasteiger partial charge >= 0.3 is 0 Å².